The number of piperazine rings is 1. The van der Waals surface area contributed by atoms with Crippen LogP contribution in [0.25, 0.3) is 0 Å². The summed E-state index contributed by atoms with van der Waals surface area (Å²) in [6.07, 6.45) is 0. The lowest BCUT2D eigenvalue weighted by molar-refractivity contribution is -0.159. The van der Waals surface area contributed by atoms with Crippen LogP contribution in [0.4, 0.5) is 5.69 Å². The molecule has 0 spiro atoms. The second kappa shape index (κ2) is 14.5. The van der Waals surface area contributed by atoms with Gasteiger partial charge in [0.2, 0.25) is 5.91 Å². The number of rotatable bonds is 4. The highest BCUT2D eigenvalue weighted by atomic mass is 16.4. The number of likely N-dealkylation sites (N-methyl/N-ethyl adjacent to an activating group) is 1. The van der Waals surface area contributed by atoms with E-state index in [9.17, 15) is 4.79 Å². The highest BCUT2D eigenvalue weighted by Crippen LogP contribution is 2.19. The number of carboxylic acid groups (broad SMARTS) is 4. The first-order valence-corrected chi connectivity index (χ1v) is 9.62. The van der Waals surface area contributed by atoms with Crippen LogP contribution in [0.1, 0.15) is 18.1 Å². The average Bonchev–Trinajstić information content (AvgIpc) is 2.72. The van der Waals surface area contributed by atoms with Crippen molar-refractivity contribution in [1.29, 1.82) is 0 Å². The Labute approximate surface area is 185 Å². The van der Waals surface area contributed by atoms with Crippen molar-refractivity contribution in [1.82, 2.24) is 9.80 Å². The fraction of sp³-hybridized carbons (Fsp3) is 0.450. The molecule has 12 nitrogen and oxygen atoms in total. The largest absolute Gasteiger partial charge is 0.473 e. The normalized spacial score (nSPS) is 13.5. The highest BCUT2D eigenvalue weighted by molar-refractivity contribution is 6.27. The molecule has 32 heavy (non-hydrogen) atoms. The van der Waals surface area contributed by atoms with Crippen LogP contribution < -0.4 is 5.32 Å². The molecule has 2 rings (SSSR count). The maximum atomic E-state index is 12.2. The van der Waals surface area contributed by atoms with Crippen molar-refractivity contribution in [3.8, 4) is 0 Å². The molecule has 5 N–H and O–H groups in total. The molecule has 1 aliphatic heterocycles. The quantitative estimate of drug-likeness (QED) is 0.390. The summed E-state index contributed by atoms with van der Waals surface area (Å²) in [6.45, 7) is 11.9. The van der Waals surface area contributed by atoms with E-state index in [0.29, 0.717) is 6.54 Å². The predicted molar refractivity (Wildman–Crippen MR) is 114 cm³/mol. The maximum Gasteiger partial charge on any atom is 0.414 e. The van der Waals surface area contributed by atoms with Crippen LogP contribution in [0.5, 0.6) is 0 Å². The number of nitrogens with zero attached hydrogens (tertiary/aromatic N) is 2. The summed E-state index contributed by atoms with van der Waals surface area (Å²) in [5.74, 6) is -7.21. The minimum absolute atomic E-state index is 0.0901. The van der Waals surface area contributed by atoms with Gasteiger partial charge in [-0.1, -0.05) is 25.1 Å². The molecule has 0 radical (unpaired) electrons. The Balaban J connectivity index is 0.000000662. The van der Waals surface area contributed by atoms with Crippen LogP contribution in [0.3, 0.4) is 0 Å². The van der Waals surface area contributed by atoms with Crippen LogP contribution >= 0.6 is 0 Å². The van der Waals surface area contributed by atoms with Crippen molar-refractivity contribution in [3.05, 3.63) is 29.3 Å². The third-order valence-corrected chi connectivity index (χ3v) is 4.39. The van der Waals surface area contributed by atoms with E-state index in [4.69, 9.17) is 39.6 Å². The lowest BCUT2D eigenvalue weighted by Gasteiger charge is -2.33. The number of hydrogen-bond donors (Lipinski definition) is 5. The molecule has 1 saturated heterocycles. The summed E-state index contributed by atoms with van der Waals surface area (Å²) < 4.78 is 0. The Morgan fingerprint density at radius 2 is 1.16 bits per heavy atom. The Morgan fingerprint density at radius 1 is 0.781 bits per heavy atom. The molecule has 0 aliphatic carbocycles. The predicted octanol–water partition coefficient (Wildman–Crippen LogP) is 0.191. The molecular weight excluding hydrogens is 426 g/mol. The van der Waals surface area contributed by atoms with E-state index in [0.717, 1.165) is 49.5 Å². The molecule has 12 heteroatoms. The van der Waals surface area contributed by atoms with E-state index in [2.05, 4.69) is 22.0 Å². The van der Waals surface area contributed by atoms with E-state index in [1.807, 2.05) is 32.0 Å². The average molecular weight is 455 g/mol. The van der Waals surface area contributed by atoms with Gasteiger partial charge < -0.3 is 30.6 Å². The Bertz CT molecular complexity index is 750. The van der Waals surface area contributed by atoms with Gasteiger partial charge in [-0.05, 0) is 31.5 Å². The van der Waals surface area contributed by atoms with Crippen LogP contribution in [-0.4, -0.2) is 99.3 Å². The van der Waals surface area contributed by atoms with Gasteiger partial charge in [0.25, 0.3) is 0 Å². The Kier molecular flexibility index (Phi) is 12.9. The van der Waals surface area contributed by atoms with Gasteiger partial charge in [-0.15, -0.1) is 0 Å². The van der Waals surface area contributed by atoms with Crippen molar-refractivity contribution >= 4 is 35.5 Å². The standard InChI is InChI=1S/C16H25N3O.2C2H2O4/c1-4-18-8-10-19(11-9-18)12-15(20)17-16-13(2)6-5-7-14(16)3;2*3-1(4)2(5)6/h5-7H,4,8-12H2,1-3H3,(H,17,20);2*(H,3,4)(H,5,6). The number of carbonyl (C=O) groups excluding carboxylic acids is 1. The summed E-state index contributed by atoms with van der Waals surface area (Å²) in [5.41, 5.74) is 3.20. The molecule has 1 aromatic rings. The minimum atomic E-state index is -1.82. The van der Waals surface area contributed by atoms with Gasteiger partial charge in [-0.3, -0.25) is 9.69 Å². The van der Waals surface area contributed by atoms with Gasteiger partial charge in [0, 0.05) is 31.9 Å². The first kappa shape index (κ1) is 28.5. The minimum Gasteiger partial charge on any atom is -0.473 e. The van der Waals surface area contributed by atoms with E-state index in [1.165, 1.54) is 0 Å². The zero-order chi connectivity index (χ0) is 24.8. The SMILES string of the molecule is CCN1CCN(CC(=O)Nc2c(C)cccc2C)CC1.O=C(O)C(=O)O.O=C(O)C(=O)O. The van der Waals surface area contributed by atoms with Crippen molar-refractivity contribution in [2.75, 3.05) is 44.6 Å². The van der Waals surface area contributed by atoms with Gasteiger partial charge in [0.1, 0.15) is 0 Å². The summed E-state index contributed by atoms with van der Waals surface area (Å²) in [7, 11) is 0. The number of hydrogen-bond acceptors (Lipinski definition) is 7. The molecule has 0 saturated carbocycles. The lowest BCUT2D eigenvalue weighted by Crippen LogP contribution is -2.48. The summed E-state index contributed by atoms with van der Waals surface area (Å²) in [5, 5.41) is 32.6. The van der Waals surface area contributed by atoms with Gasteiger partial charge >= 0.3 is 23.9 Å². The summed E-state index contributed by atoms with van der Waals surface area (Å²) in [4.78, 5) is 53.2. The smallest absolute Gasteiger partial charge is 0.414 e. The number of para-hydroxylation sites is 1. The monoisotopic (exact) mass is 455 g/mol. The van der Waals surface area contributed by atoms with Gasteiger partial charge in [0.05, 0.1) is 6.54 Å². The number of benzene rings is 1. The molecule has 1 heterocycles. The number of carboxylic acids is 4. The van der Waals surface area contributed by atoms with E-state index in [1.54, 1.807) is 0 Å². The fourth-order valence-electron chi connectivity index (χ4n) is 2.66. The first-order chi connectivity index (χ1) is 14.9. The summed E-state index contributed by atoms with van der Waals surface area (Å²) >= 11 is 0. The van der Waals surface area contributed by atoms with Gasteiger partial charge in [-0.25, -0.2) is 19.2 Å². The highest BCUT2D eigenvalue weighted by Gasteiger charge is 2.18. The number of amides is 1. The number of aryl methyl sites for hydroxylation is 2. The number of carbonyl (C=O) groups is 5. The number of nitrogens with one attached hydrogen (secondary N) is 1. The molecule has 1 amide bonds. The van der Waals surface area contributed by atoms with Gasteiger partial charge in [0.15, 0.2) is 0 Å². The molecule has 0 bridgehead atoms. The second-order valence-corrected chi connectivity index (χ2v) is 6.75. The van der Waals surface area contributed by atoms with E-state index >= 15 is 0 Å². The Morgan fingerprint density at radius 3 is 1.50 bits per heavy atom. The van der Waals surface area contributed by atoms with Crippen molar-refractivity contribution < 1.29 is 44.4 Å². The number of aliphatic carboxylic acids is 4. The molecular formula is C20H29N3O9. The lowest BCUT2D eigenvalue weighted by atomic mass is 10.1. The zero-order valence-electron chi connectivity index (χ0n) is 18.2. The first-order valence-electron chi connectivity index (χ1n) is 9.62. The third-order valence-electron chi connectivity index (χ3n) is 4.39. The molecule has 1 aliphatic rings. The molecule has 0 aromatic heterocycles. The third kappa shape index (κ3) is 11.6. The number of anilines is 1. The molecule has 178 valence electrons. The van der Waals surface area contributed by atoms with Crippen molar-refractivity contribution in [2.24, 2.45) is 0 Å². The topological polar surface area (TPSA) is 185 Å². The van der Waals surface area contributed by atoms with Crippen molar-refractivity contribution in [3.63, 3.8) is 0 Å². The van der Waals surface area contributed by atoms with E-state index < -0.39 is 23.9 Å². The van der Waals surface area contributed by atoms with Crippen LogP contribution in [0.15, 0.2) is 18.2 Å². The molecule has 1 fully saturated rings. The van der Waals surface area contributed by atoms with Crippen molar-refractivity contribution in [2.45, 2.75) is 20.8 Å². The maximum absolute atomic E-state index is 12.2. The van der Waals surface area contributed by atoms with Gasteiger partial charge in [-0.2, -0.15) is 0 Å². The van der Waals surface area contributed by atoms with Crippen LogP contribution in [0.2, 0.25) is 0 Å². The molecule has 0 unspecified atom stereocenters. The second-order valence-electron chi connectivity index (χ2n) is 6.75. The van der Waals surface area contributed by atoms with E-state index in [-0.39, 0.29) is 5.91 Å². The zero-order valence-corrected chi connectivity index (χ0v) is 18.2. The van der Waals surface area contributed by atoms with Crippen LogP contribution in [-0.2, 0) is 24.0 Å². The summed E-state index contributed by atoms with van der Waals surface area (Å²) in [6, 6.07) is 6.08. The van der Waals surface area contributed by atoms with Crippen LogP contribution in [0, 0.1) is 13.8 Å². The molecule has 1 aromatic carbocycles. The fourth-order valence-corrected chi connectivity index (χ4v) is 2.66. The molecule has 0 atom stereocenters. The Hall–Kier alpha value is -3.51.